The molecule has 1 aromatic rings. The Morgan fingerprint density at radius 3 is 2.62 bits per heavy atom. The van der Waals surface area contributed by atoms with E-state index in [4.69, 9.17) is 14.4 Å². The minimum absolute atomic E-state index is 0.357. The molecule has 2 aliphatic rings. The molecule has 5 nitrogen and oxygen atoms in total. The molecule has 3 rings (SSSR count). The summed E-state index contributed by atoms with van der Waals surface area (Å²) in [6.07, 6.45) is 0. The Hall–Kier alpha value is -2.82. The van der Waals surface area contributed by atoms with Gasteiger partial charge in [-0.3, -0.25) is 0 Å². The highest BCUT2D eigenvalue weighted by Gasteiger charge is 2.15. The van der Waals surface area contributed by atoms with Crippen LogP contribution in [0, 0.1) is 6.92 Å². The third-order valence-corrected chi connectivity index (χ3v) is 3.21. The standard InChI is InChI=1S/C16H13NO4/c1-10-13-3-2-4-14(13)16(17-21-10)11-5-7-12(8-6-11)20-9-15(18)19/h2-8H,9H2,1H3,(H,18,19). The molecule has 0 aromatic heterocycles. The smallest absolute Gasteiger partial charge is 0.341 e. The molecule has 1 aromatic carbocycles. The monoisotopic (exact) mass is 283 g/mol. The SMILES string of the molecule is Cc1onc(-c2ccc(OCC(=O)O)cc2)c2cccc1-2. The number of aromatic nitrogens is 1. The summed E-state index contributed by atoms with van der Waals surface area (Å²) >= 11 is 0. The van der Waals surface area contributed by atoms with E-state index >= 15 is 0 Å². The van der Waals surface area contributed by atoms with Crippen LogP contribution in [0.15, 0.2) is 47.0 Å². The molecular weight excluding hydrogens is 270 g/mol. The molecular formula is C16H13NO4. The second-order valence-electron chi connectivity index (χ2n) is 4.65. The Bertz CT molecular complexity index is 745. The van der Waals surface area contributed by atoms with Crippen LogP contribution in [0.3, 0.4) is 0 Å². The lowest BCUT2D eigenvalue weighted by Crippen LogP contribution is -2.09. The molecule has 0 saturated heterocycles. The topological polar surface area (TPSA) is 72.6 Å². The highest BCUT2D eigenvalue weighted by Crippen LogP contribution is 2.35. The van der Waals surface area contributed by atoms with Crippen molar-refractivity contribution in [3.63, 3.8) is 0 Å². The van der Waals surface area contributed by atoms with E-state index in [0.717, 1.165) is 28.1 Å². The summed E-state index contributed by atoms with van der Waals surface area (Å²) < 4.78 is 10.4. The molecule has 1 N–H and O–H groups in total. The lowest BCUT2D eigenvalue weighted by Gasteiger charge is -2.09. The number of nitrogens with zero attached hydrogens (tertiary/aromatic N) is 1. The van der Waals surface area contributed by atoms with Crippen molar-refractivity contribution in [2.24, 2.45) is 0 Å². The number of hydrogen-bond acceptors (Lipinski definition) is 4. The molecule has 106 valence electrons. The van der Waals surface area contributed by atoms with Gasteiger partial charge in [-0.15, -0.1) is 0 Å². The first-order valence-electron chi connectivity index (χ1n) is 6.45. The number of aliphatic carboxylic acids is 1. The number of carboxylic acid groups (broad SMARTS) is 1. The Morgan fingerprint density at radius 2 is 1.90 bits per heavy atom. The van der Waals surface area contributed by atoms with Gasteiger partial charge in [0.25, 0.3) is 0 Å². The van der Waals surface area contributed by atoms with Gasteiger partial charge in [0.2, 0.25) is 0 Å². The summed E-state index contributed by atoms with van der Waals surface area (Å²) in [6.45, 7) is 1.52. The molecule has 0 amide bonds. The molecule has 1 aliphatic heterocycles. The maximum Gasteiger partial charge on any atom is 0.341 e. The van der Waals surface area contributed by atoms with Crippen LogP contribution in [0.5, 0.6) is 5.75 Å². The summed E-state index contributed by atoms with van der Waals surface area (Å²) in [6, 6.07) is 13.0. The summed E-state index contributed by atoms with van der Waals surface area (Å²) in [5, 5.41) is 12.7. The summed E-state index contributed by atoms with van der Waals surface area (Å²) in [4.78, 5) is 10.5. The van der Waals surface area contributed by atoms with E-state index in [0.29, 0.717) is 5.75 Å². The van der Waals surface area contributed by atoms with Gasteiger partial charge in [0, 0.05) is 16.7 Å². The van der Waals surface area contributed by atoms with Crippen LogP contribution < -0.4 is 4.74 Å². The fourth-order valence-corrected chi connectivity index (χ4v) is 2.21. The predicted octanol–water partition coefficient (Wildman–Crippen LogP) is 3.22. The molecule has 1 aliphatic carbocycles. The second-order valence-corrected chi connectivity index (χ2v) is 4.65. The van der Waals surface area contributed by atoms with Gasteiger partial charge in [0.15, 0.2) is 6.61 Å². The Kier molecular flexibility index (Phi) is 3.31. The van der Waals surface area contributed by atoms with Crippen LogP contribution in [0.1, 0.15) is 5.76 Å². The van der Waals surface area contributed by atoms with E-state index in [-0.39, 0.29) is 6.61 Å². The van der Waals surface area contributed by atoms with Gasteiger partial charge in [-0.1, -0.05) is 23.4 Å². The molecule has 0 unspecified atom stereocenters. The maximum absolute atomic E-state index is 10.5. The number of ether oxygens (including phenoxy) is 1. The molecule has 0 bridgehead atoms. The third-order valence-electron chi connectivity index (χ3n) is 3.21. The summed E-state index contributed by atoms with van der Waals surface area (Å²) in [5.74, 6) is 0.278. The molecule has 5 heteroatoms. The van der Waals surface area contributed by atoms with E-state index in [1.807, 2.05) is 37.3 Å². The van der Waals surface area contributed by atoms with Crippen molar-refractivity contribution in [1.29, 1.82) is 0 Å². The van der Waals surface area contributed by atoms with Crippen molar-refractivity contribution in [1.82, 2.24) is 5.16 Å². The number of fused-ring (bicyclic) bond motifs is 1. The molecule has 1 heterocycles. The Balaban J connectivity index is 1.91. The van der Waals surface area contributed by atoms with Crippen LogP contribution in [0.2, 0.25) is 0 Å². The van der Waals surface area contributed by atoms with Crippen LogP contribution in [-0.2, 0) is 4.79 Å². The fourth-order valence-electron chi connectivity index (χ4n) is 2.21. The van der Waals surface area contributed by atoms with Gasteiger partial charge in [-0.05, 0) is 31.2 Å². The van der Waals surface area contributed by atoms with E-state index in [1.54, 1.807) is 12.1 Å². The van der Waals surface area contributed by atoms with Gasteiger partial charge >= 0.3 is 5.97 Å². The lowest BCUT2D eigenvalue weighted by atomic mass is 10.0. The molecule has 0 spiro atoms. The van der Waals surface area contributed by atoms with E-state index in [1.165, 1.54) is 0 Å². The maximum atomic E-state index is 10.5. The number of aryl methyl sites for hydroxylation is 1. The first-order chi connectivity index (χ1) is 10.1. The summed E-state index contributed by atoms with van der Waals surface area (Å²) in [5.41, 5.74) is 3.70. The first kappa shape index (κ1) is 13.2. The highest BCUT2D eigenvalue weighted by atomic mass is 16.5. The highest BCUT2D eigenvalue weighted by molar-refractivity contribution is 5.82. The third kappa shape index (κ3) is 2.58. The van der Waals surface area contributed by atoms with Crippen molar-refractivity contribution < 1.29 is 19.2 Å². The van der Waals surface area contributed by atoms with Crippen LogP contribution in [0.4, 0.5) is 0 Å². The number of rotatable bonds is 4. The predicted molar refractivity (Wildman–Crippen MR) is 76.4 cm³/mol. The zero-order valence-corrected chi connectivity index (χ0v) is 11.4. The van der Waals surface area contributed by atoms with Crippen molar-refractivity contribution in [3.05, 3.63) is 48.2 Å². The van der Waals surface area contributed by atoms with Crippen LogP contribution in [0.25, 0.3) is 22.4 Å². The van der Waals surface area contributed by atoms with E-state index in [9.17, 15) is 4.79 Å². The quantitative estimate of drug-likeness (QED) is 0.796. The molecule has 0 atom stereocenters. The average molecular weight is 283 g/mol. The van der Waals surface area contributed by atoms with Gasteiger partial charge < -0.3 is 14.4 Å². The zero-order valence-electron chi connectivity index (χ0n) is 11.4. The number of carboxylic acids is 1. The van der Waals surface area contributed by atoms with Crippen molar-refractivity contribution in [3.8, 4) is 28.1 Å². The van der Waals surface area contributed by atoms with Gasteiger partial charge in [-0.2, -0.15) is 0 Å². The normalized spacial score (nSPS) is 10.7. The van der Waals surface area contributed by atoms with Gasteiger partial charge in [-0.25, -0.2) is 4.79 Å². The first-order valence-corrected chi connectivity index (χ1v) is 6.45. The molecule has 21 heavy (non-hydrogen) atoms. The fraction of sp³-hybridized carbons (Fsp3) is 0.125. The molecule has 0 fully saturated rings. The van der Waals surface area contributed by atoms with Gasteiger partial charge in [0.1, 0.15) is 17.2 Å². The van der Waals surface area contributed by atoms with Crippen molar-refractivity contribution >= 4 is 5.97 Å². The lowest BCUT2D eigenvalue weighted by molar-refractivity contribution is -0.139. The summed E-state index contributed by atoms with van der Waals surface area (Å²) in [7, 11) is 0. The zero-order chi connectivity index (χ0) is 14.8. The second kappa shape index (κ2) is 5.28. The van der Waals surface area contributed by atoms with E-state index < -0.39 is 5.97 Å². The average Bonchev–Trinajstić information content (AvgIpc) is 2.97. The van der Waals surface area contributed by atoms with Crippen LogP contribution >= 0.6 is 0 Å². The Labute approximate surface area is 121 Å². The largest absolute Gasteiger partial charge is 0.482 e. The molecule has 0 radical (unpaired) electrons. The Morgan fingerprint density at radius 1 is 1.19 bits per heavy atom. The number of hydrogen-bond donors (Lipinski definition) is 1. The van der Waals surface area contributed by atoms with Crippen molar-refractivity contribution in [2.75, 3.05) is 6.61 Å². The molecule has 0 saturated carbocycles. The van der Waals surface area contributed by atoms with Gasteiger partial charge in [0.05, 0.1) is 0 Å². The van der Waals surface area contributed by atoms with Crippen LogP contribution in [-0.4, -0.2) is 22.8 Å². The van der Waals surface area contributed by atoms with E-state index in [2.05, 4.69) is 5.16 Å². The minimum atomic E-state index is -1.00. The van der Waals surface area contributed by atoms with Crippen molar-refractivity contribution in [2.45, 2.75) is 6.92 Å². The minimum Gasteiger partial charge on any atom is -0.482 e. The number of carbonyl (C=O) groups is 1. The number of benzene rings is 1.